The fourth-order valence-corrected chi connectivity index (χ4v) is 6.16. The summed E-state index contributed by atoms with van der Waals surface area (Å²) in [4.78, 5) is 28.8. The predicted octanol–water partition coefficient (Wildman–Crippen LogP) is 4.51. The second-order valence-corrected chi connectivity index (χ2v) is 12.2. The molecule has 1 saturated carbocycles. The maximum atomic E-state index is 13.7. The molecule has 3 rings (SSSR count). The Morgan fingerprint density at radius 2 is 1.65 bits per heavy atom. The van der Waals surface area contributed by atoms with Gasteiger partial charge in [-0.3, -0.25) is 13.9 Å². The van der Waals surface area contributed by atoms with Gasteiger partial charge in [0.2, 0.25) is 21.8 Å². The number of anilines is 1. The molecule has 0 aliphatic heterocycles. The third-order valence-corrected chi connectivity index (χ3v) is 8.51. The van der Waals surface area contributed by atoms with E-state index in [1.807, 2.05) is 31.2 Å². The average Bonchev–Trinajstić information content (AvgIpc) is 2.95. The number of hydrogen-bond donors (Lipinski definition) is 1. The van der Waals surface area contributed by atoms with Crippen LogP contribution in [0, 0.1) is 0 Å². The number of methoxy groups -OCH3 is 2. The van der Waals surface area contributed by atoms with Crippen LogP contribution in [-0.4, -0.2) is 64.2 Å². The van der Waals surface area contributed by atoms with Gasteiger partial charge in [-0.05, 0) is 55.5 Å². The minimum absolute atomic E-state index is 0.0904. The molecule has 1 fully saturated rings. The Balaban J connectivity index is 1.78. The van der Waals surface area contributed by atoms with Gasteiger partial charge in [0.1, 0.15) is 17.5 Å². The third-order valence-electron chi connectivity index (χ3n) is 7.32. The van der Waals surface area contributed by atoms with Gasteiger partial charge in [0.05, 0.1) is 26.2 Å². The van der Waals surface area contributed by atoms with Gasteiger partial charge in [-0.25, -0.2) is 8.42 Å². The summed E-state index contributed by atoms with van der Waals surface area (Å²) in [5.74, 6) is 0.875. The summed E-state index contributed by atoms with van der Waals surface area (Å²) >= 11 is 0. The third kappa shape index (κ3) is 8.87. The number of amides is 2. The van der Waals surface area contributed by atoms with E-state index in [2.05, 4.69) is 5.32 Å². The van der Waals surface area contributed by atoms with E-state index in [0.717, 1.165) is 37.5 Å². The summed E-state index contributed by atoms with van der Waals surface area (Å²) in [6.07, 6.45) is 7.28. The molecule has 1 atom stereocenters. The molecule has 0 unspecified atom stereocenters. The van der Waals surface area contributed by atoms with E-state index in [4.69, 9.17) is 9.47 Å². The van der Waals surface area contributed by atoms with Gasteiger partial charge in [-0.15, -0.1) is 0 Å². The van der Waals surface area contributed by atoms with Crippen molar-refractivity contribution in [2.45, 2.75) is 76.9 Å². The first-order valence-corrected chi connectivity index (χ1v) is 15.9. The Hall–Kier alpha value is -3.27. The molecule has 0 bridgehead atoms. The fraction of sp³-hybridized carbons (Fsp3) is 0.533. The molecule has 10 heteroatoms. The van der Waals surface area contributed by atoms with E-state index >= 15 is 0 Å². The summed E-state index contributed by atoms with van der Waals surface area (Å²) in [7, 11) is -0.484. The van der Waals surface area contributed by atoms with Gasteiger partial charge >= 0.3 is 0 Å². The number of rotatable bonds is 14. The molecule has 2 aromatic carbocycles. The second-order valence-electron chi connectivity index (χ2n) is 10.3. The second kappa shape index (κ2) is 14.9. The van der Waals surface area contributed by atoms with Crippen molar-refractivity contribution in [2.24, 2.45) is 0 Å². The van der Waals surface area contributed by atoms with Crippen LogP contribution in [0.1, 0.15) is 63.9 Å². The largest absolute Gasteiger partial charge is 0.497 e. The summed E-state index contributed by atoms with van der Waals surface area (Å²) in [6, 6.07) is 13.8. The molecule has 2 aromatic rings. The van der Waals surface area contributed by atoms with Crippen LogP contribution in [0.25, 0.3) is 0 Å². The molecule has 9 nitrogen and oxygen atoms in total. The van der Waals surface area contributed by atoms with Crippen molar-refractivity contribution < 1.29 is 27.5 Å². The molecule has 0 heterocycles. The van der Waals surface area contributed by atoms with E-state index in [0.29, 0.717) is 30.0 Å². The molecule has 1 aliphatic rings. The monoisotopic (exact) mass is 573 g/mol. The summed E-state index contributed by atoms with van der Waals surface area (Å²) in [6.45, 7) is 2.28. The van der Waals surface area contributed by atoms with Gasteiger partial charge in [-0.2, -0.15) is 0 Å². The van der Waals surface area contributed by atoms with Crippen LogP contribution in [0.2, 0.25) is 0 Å². The van der Waals surface area contributed by atoms with Gasteiger partial charge in [0.15, 0.2) is 0 Å². The number of carbonyl (C=O) groups is 2. The van der Waals surface area contributed by atoms with Crippen LogP contribution >= 0.6 is 0 Å². The molecule has 0 saturated heterocycles. The molecular formula is C30H43N3O6S. The molecule has 40 heavy (non-hydrogen) atoms. The highest BCUT2D eigenvalue weighted by Crippen LogP contribution is 2.25. The Bertz CT molecular complexity index is 1230. The van der Waals surface area contributed by atoms with Crippen LogP contribution in [0.15, 0.2) is 48.5 Å². The normalized spacial score (nSPS) is 14.7. The molecule has 2 amide bonds. The van der Waals surface area contributed by atoms with Gasteiger partial charge in [0.25, 0.3) is 0 Å². The van der Waals surface area contributed by atoms with Crippen LogP contribution < -0.4 is 19.1 Å². The van der Waals surface area contributed by atoms with Gasteiger partial charge < -0.3 is 19.7 Å². The Labute approximate surface area is 238 Å². The van der Waals surface area contributed by atoms with Gasteiger partial charge in [0, 0.05) is 31.6 Å². The van der Waals surface area contributed by atoms with Crippen LogP contribution in [0.3, 0.4) is 0 Å². The van der Waals surface area contributed by atoms with E-state index in [-0.39, 0.29) is 37.4 Å². The Morgan fingerprint density at radius 3 is 2.27 bits per heavy atom. The maximum Gasteiger partial charge on any atom is 0.243 e. The molecule has 0 radical (unpaired) electrons. The number of sulfonamides is 1. The molecule has 0 spiro atoms. The van der Waals surface area contributed by atoms with E-state index < -0.39 is 16.1 Å². The number of nitrogens with zero attached hydrogens (tertiary/aromatic N) is 2. The van der Waals surface area contributed by atoms with Crippen molar-refractivity contribution in [1.29, 1.82) is 0 Å². The van der Waals surface area contributed by atoms with Crippen molar-refractivity contribution in [3.8, 4) is 11.5 Å². The minimum Gasteiger partial charge on any atom is -0.497 e. The minimum atomic E-state index is -3.59. The van der Waals surface area contributed by atoms with Crippen molar-refractivity contribution in [2.75, 3.05) is 31.3 Å². The zero-order valence-corrected chi connectivity index (χ0v) is 24.9. The quantitative estimate of drug-likeness (QED) is 0.357. The molecule has 0 aromatic heterocycles. The first-order chi connectivity index (χ1) is 19.2. The Morgan fingerprint density at radius 1 is 1.00 bits per heavy atom. The van der Waals surface area contributed by atoms with Crippen LogP contribution in [0.5, 0.6) is 11.5 Å². The summed E-state index contributed by atoms with van der Waals surface area (Å²) < 4.78 is 37.1. The SMILES string of the molecule is CC[C@@H](C(=O)NC1CCCCC1)N(Cc1cccc(OC)c1)C(=O)CCCN(c1cccc(OC)c1)S(C)(=O)=O. The standard InChI is InChI=1S/C30H43N3O6S/c1-5-28(30(35)31-24-13-7-6-8-14-24)32(22-23-12-9-16-26(20-23)38-2)29(34)18-11-19-33(40(4,36)37)25-15-10-17-27(21-25)39-3/h9-10,12,15-17,20-21,24,28H,5-8,11,13-14,18-19,22H2,1-4H3,(H,31,35)/t28-/m0/s1. The number of carbonyl (C=O) groups excluding carboxylic acids is 2. The molecular weight excluding hydrogens is 530 g/mol. The predicted molar refractivity (Wildman–Crippen MR) is 157 cm³/mol. The van der Waals surface area contributed by atoms with E-state index in [1.165, 1.54) is 17.8 Å². The first-order valence-electron chi connectivity index (χ1n) is 14.0. The van der Waals surface area contributed by atoms with Gasteiger partial charge in [-0.1, -0.05) is 44.4 Å². The zero-order chi connectivity index (χ0) is 29.1. The fourth-order valence-electron chi connectivity index (χ4n) is 5.20. The lowest BCUT2D eigenvalue weighted by molar-refractivity contribution is -0.141. The van der Waals surface area contributed by atoms with Crippen molar-refractivity contribution in [1.82, 2.24) is 10.2 Å². The highest BCUT2D eigenvalue weighted by Gasteiger charge is 2.30. The highest BCUT2D eigenvalue weighted by molar-refractivity contribution is 7.92. The van der Waals surface area contributed by atoms with Crippen molar-refractivity contribution >= 4 is 27.5 Å². The lowest BCUT2D eigenvalue weighted by Gasteiger charge is -2.33. The van der Waals surface area contributed by atoms with E-state index in [1.54, 1.807) is 36.3 Å². The number of hydrogen-bond acceptors (Lipinski definition) is 6. The van der Waals surface area contributed by atoms with Crippen molar-refractivity contribution in [3.63, 3.8) is 0 Å². The number of benzene rings is 2. The molecule has 1 aliphatic carbocycles. The van der Waals surface area contributed by atoms with E-state index in [9.17, 15) is 18.0 Å². The number of nitrogens with one attached hydrogen (secondary N) is 1. The first kappa shape index (κ1) is 31.3. The lowest BCUT2D eigenvalue weighted by Crippen LogP contribution is -2.51. The maximum absolute atomic E-state index is 13.7. The Kier molecular flexibility index (Phi) is 11.7. The highest BCUT2D eigenvalue weighted by atomic mass is 32.2. The molecule has 220 valence electrons. The molecule has 1 N–H and O–H groups in total. The van der Waals surface area contributed by atoms with Crippen LogP contribution in [0.4, 0.5) is 5.69 Å². The number of ether oxygens (including phenoxy) is 2. The zero-order valence-electron chi connectivity index (χ0n) is 24.1. The topological polar surface area (TPSA) is 105 Å². The average molecular weight is 574 g/mol. The smallest absolute Gasteiger partial charge is 0.243 e. The summed E-state index contributed by atoms with van der Waals surface area (Å²) in [5.41, 5.74) is 1.33. The summed E-state index contributed by atoms with van der Waals surface area (Å²) in [5, 5.41) is 3.18. The van der Waals surface area contributed by atoms with Crippen molar-refractivity contribution in [3.05, 3.63) is 54.1 Å². The van der Waals surface area contributed by atoms with Crippen LogP contribution in [-0.2, 0) is 26.2 Å². The lowest BCUT2D eigenvalue weighted by atomic mass is 9.95.